The number of carbonyl (C=O) groups excluding carboxylic acids is 1. The summed E-state index contributed by atoms with van der Waals surface area (Å²) in [5.41, 5.74) is 9.49. The van der Waals surface area contributed by atoms with Gasteiger partial charge in [0.15, 0.2) is 0 Å². The van der Waals surface area contributed by atoms with Crippen molar-refractivity contribution in [2.75, 3.05) is 0 Å². The molecule has 3 nitrogen and oxygen atoms in total. The van der Waals surface area contributed by atoms with Gasteiger partial charge in [0.2, 0.25) is 5.91 Å². The topological polar surface area (TPSA) is 55.1 Å². The molecule has 3 N–H and O–H groups in total. The van der Waals surface area contributed by atoms with E-state index in [0.29, 0.717) is 6.42 Å². The van der Waals surface area contributed by atoms with Crippen molar-refractivity contribution in [3.8, 4) is 0 Å². The van der Waals surface area contributed by atoms with Crippen LogP contribution in [-0.4, -0.2) is 11.4 Å². The Morgan fingerprint density at radius 2 is 2.11 bits per heavy atom. The van der Waals surface area contributed by atoms with Crippen LogP contribution in [-0.2, 0) is 4.79 Å². The first-order valence-corrected chi connectivity index (χ1v) is 7.05. The number of nitrogens with one attached hydrogen (secondary N) is 1. The number of benzene rings is 1. The van der Waals surface area contributed by atoms with Crippen LogP contribution >= 0.6 is 0 Å². The molecule has 0 aliphatic heterocycles. The predicted molar refractivity (Wildman–Crippen MR) is 77.9 cm³/mol. The lowest BCUT2D eigenvalue weighted by Gasteiger charge is -2.37. The van der Waals surface area contributed by atoms with Crippen molar-refractivity contribution in [2.24, 2.45) is 5.73 Å². The summed E-state index contributed by atoms with van der Waals surface area (Å²) in [5.74, 6) is 0.0654. The predicted octanol–water partition coefficient (Wildman–Crippen LogP) is 2.75. The van der Waals surface area contributed by atoms with E-state index in [-0.39, 0.29) is 17.5 Å². The van der Waals surface area contributed by atoms with Crippen molar-refractivity contribution in [1.29, 1.82) is 0 Å². The van der Waals surface area contributed by atoms with Gasteiger partial charge in [0.1, 0.15) is 0 Å². The van der Waals surface area contributed by atoms with Crippen molar-refractivity contribution in [3.05, 3.63) is 34.9 Å². The second-order valence-corrected chi connectivity index (χ2v) is 6.04. The molecule has 1 aromatic carbocycles. The Balaban J connectivity index is 1.98. The summed E-state index contributed by atoms with van der Waals surface area (Å²) in [5, 5.41) is 3.07. The lowest BCUT2D eigenvalue weighted by Crippen LogP contribution is -2.50. The molecule has 1 fully saturated rings. The first-order chi connectivity index (χ1) is 8.89. The van der Waals surface area contributed by atoms with Crippen molar-refractivity contribution in [3.63, 3.8) is 0 Å². The molecular formula is C16H24N2O. The Morgan fingerprint density at radius 1 is 1.42 bits per heavy atom. The van der Waals surface area contributed by atoms with Crippen LogP contribution in [0.4, 0.5) is 0 Å². The SMILES string of the molecule is Cc1ccc(C)c(C(C)NC(=O)CC2(N)CCC2)c1. The van der Waals surface area contributed by atoms with Crippen LogP contribution < -0.4 is 11.1 Å². The molecular weight excluding hydrogens is 236 g/mol. The third kappa shape index (κ3) is 3.35. The Morgan fingerprint density at radius 3 is 2.68 bits per heavy atom. The van der Waals surface area contributed by atoms with Crippen LogP contribution in [0.25, 0.3) is 0 Å². The van der Waals surface area contributed by atoms with Crippen molar-refractivity contribution in [2.45, 2.75) is 58.0 Å². The van der Waals surface area contributed by atoms with Gasteiger partial charge in [-0.25, -0.2) is 0 Å². The lowest BCUT2D eigenvalue weighted by atomic mass is 9.75. The second kappa shape index (κ2) is 5.33. The minimum atomic E-state index is -0.245. The van der Waals surface area contributed by atoms with Crippen molar-refractivity contribution < 1.29 is 4.79 Å². The van der Waals surface area contributed by atoms with E-state index in [1.165, 1.54) is 16.7 Å². The Bertz CT molecular complexity index is 478. The molecule has 0 bridgehead atoms. The summed E-state index contributed by atoms with van der Waals surface area (Å²) in [7, 11) is 0. The van der Waals surface area contributed by atoms with Gasteiger partial charge in [-0.1, -0.05) is 23.8 Å². The lowest BCUT2D eigenvalue weighted by molar-refractivity contribution is -0.123. The number of aryl methyl sites for hydroxylation is 2. The fraction of sp³-hybridized carbons (Fsp3) is 0.562. The van der Waals surface area contributed by atoms with Crippen LogP contribution in [0.15, 0.2) is 18.2 Å². The Labute approximate surface area is 115 Å². The summed E-state index contributed by atoms with van der Waals surface area (Å²) in [6.45, 7) is 6.18. The molecule has 19 heavy (non-hydrogen) atoms. The normalized spacial score (nSPS) is 18.5. The van der Waals surface area contributed by atoms with E-state index in [4.69, 9.17) is 5.73 Å². The average Bonchev–Trinajstić information content (AvgIpc) is 2.30. The maximum atomic E-state index is 12.0. The van der Waals surface area contributed by atoms with Crippen LogP contribution in [0.2, 0.25) is 0 Å². The fourth-order valence-corrected chi connectivity index (χ4v) is 2.72. The van der Waals surface area contributed by atoms with E-state index >= 15 is 0 Å². The summed E-state index contributed by atoms with van der Waals surface area (Å²) < 4.78 is 0. The summed E-state index contributed by atoms with van der Waals surface area (Å²) >= 11 is 0. The van der Waals surface area contributed by atoms with Crippen molar-refractivity contribution in [1.82, 2.24) is 5.32 Å². The number of rotatable bonds is 4. The van der Waals surface area contributed by atoms with Crippen molar-refractivity contribution >= 4 is 5.91 Å². The number of nitrogens with two attached hydrogens (primary N) is 1. The first-order valence-electron chi connectivity index (χ1n) is 7.05. The van der Waals surface area contributed by atoms with Gasteiger partial charge in [-0.05, 0) is 51.2 Å². The Kier molecular flexibility index (Phi) is 3.95. The number of amides is 1. The van der Waals surface area contributed by atoms with E-state index in [9.17, 15) is 4.79 Å². The molecule has 3 heteroatoms. The summed E-state index contributed by atoms with van der Waals surface area (Å²) in [4.78, 5) is 12.0. The molecule has 2 rings (SSSR count). The largest absolute Gasteiger partial charge is 0.350 e. The molecule has 1 aliphatic rings. The number of hydrogen-bond donors (Lipinski definition) is 2. The minimum absolute atomic E-state index is 0.0380. The smallest absolute Gasteiger partial charge is 0.222 e. The molecule has 104 valence electrons. The van der Waals surface area contributed by atoms with E-state index < -0.39 is 0 Å². The standard InChI is InChI=1S/C16H24N2O/c1-11-5-6-12(2)14(9-11)13(3)18-15(19)10-16(17)7-4-8-16/h5-6,9,13H,4,7-8,10,17H2,1-3H3,(H,18,19). The third-order valence-electron chi connectivity index (χ3n) is 4.14. The van der Waals surface area contributed by atoms with Crippen LogP contribution in [0, 0.1) is 13.8 Å². The highest BCUT2D eigenvalue weighted by molar-refractivity contribution is 5.78. The zero-order valence-corrected chi connectivity index (χ0v) is 12.1. The Hall–Kier alpha value is -1.35. The highest BCUT2D eigenvalue weighted by atomic mass is 16.1. The van der Waals surface area contributed by atoms with Gasteiger partial charge >= 0.3 is 0 Å². The first kappa shape index (κ1) is 14.1. The molecule has 0 spiro atoms. The molecule has 1 amide bonds. The molecule has 0 saturated heterocycles. The highest BCUT2D eigenvalue weighted by Gasteiger charge is 2.34. The molecule has 1 aromatic rings. The average molecular weight is 260 g/mol. The van der Waals surface area contributed by atoms with Crippen LogP contribution in [0.5, 0.6) is 0 Å². The fourth-order valence-electron chi connectivity index (χ4n) is 2.72. The monoisotopic (exact) mass is 260 g/mol. The van der Waals surface area contributed by atoms with Gasteiger partial charge in [-0.3, -0.25) is 4.79 Å². The molecule has 0 heterocycles. The number of carbonyl (C=O) groups is 1. The van der Waals surface area contributed by atoms with Gasteiger partial charge in [-0.15, -0.1) is 0 Å². The molecule has 0 radical (unpaired) electrons. The highest BCUT2D eigenvalue weighted by Crippen LogP contribution is 2.32. The molecule has 1 unspecified atom stereocenters. The zero-order valence-electron chi connectivity index (χ0n) is 12.1. The molecule has 0 aromatic heterocycles. The van der Waals surface area contributed by atoms with E-state index in [2.05, 4.69) is 37.4 Å². The van der Waals surface area contributed by atoms with Gasteiger partial charge in [0, 0.05) is 12.0 Å². The van der Waals surface area contributed by atoms with E-state index in [1.807, 2.05) is 6.92 Å². The van der Waals surface area contributed by atoms with Gasteiger partial charge in [0.25, 0.3) is 0 Å². The van der Waals surface area contributed by atoms with E-state index in [1.54, 1.807) is 0 Å². The maximum Gasteiger partial charge on any atom is 0.222 e. The van der Waals surface area contributed by atoms with Crippen LogP contribution in [0.3, 0.4) is 0 Å². The minimum Gasteiger partial charge on any atom is -0.350 e. The zero-order chi connectivity index (χ0) is 14.0. The molecule has 1 aliphatic carbocycles. The van der Waals surface area contributed by atoms with Gasteiger partial charge < -0.3 is 11.1 Å². The molecule has 1 atom stereocenters. The van der Waals surface area contributed by atoms with Gasteiger partial charge in [0.05, 0.1) is 6.04 Å². The summed E-state index contributed by atoms with van der Waals surface area (Å²) in [6, 6.07) is 6.37. The number of hydrogen-bond acceptors (Lipinski definition) is 2. The van der Waals surface area contributed by atoms with Gasteiger partial charge in [-0.2, -0.15) is 0 Å². The third-order valence-corrected chi connectivity index (χ3v) is 4.14. The quantitative estimate of drug-likeness (QED) is 0.874. The molecule has 1 saturated carbocycles. The maximum absolute atomic E-state index is 12.0. The van der Waals surface area contributed by atoms with Crippen LogP contribution in [0.1, 0.15) is 55.3 Å². The summed E-state index contributed by atoms with van der Waals surface area (Å²) in [6.07, 6.45) is 3.54. The van der Waals surface area contributed by atoms with E-state index in [0.717, 1.165) is 19.3 Å². The second-order valence-electron chi connectivity index (χ2n) is 6.04.